The van der Waals surface area contributed by atoms with Gasteiger partial charge in [-0.1, -0.05) is 23.3 Å². The lowest BCUT2D eigenvalue weighted by atomic mass is 10.2. The van der Waals surface area contributed by atoms with Gasteiger partial charge in [0.05, 0.1) is 12.5 Å². The summed E-state index contributed by atoms with van der Waals surface area (Å²) in [4.78, 5) is 0. The van der Waals surface area contributed by atoms with Crippen molar-refractivity contribution in [1.29, 1.82) is 5.26 Å². The second-order valence-corrected chi connectivity index (χ2v) is 2.90. The molecule has 0 aromatic heterocycles. The predicted octanol–water partition coefficient (Wildman–Crippen LogP) is 3.20. The molecule has 0 saturated carbocycles. The highest BCUT2D eigenvalue weighted by molar-refractivity contribution is 5.08. The minimum absolute atomic E-state index is 0.552. The highest BCUT2D eigenvalue weighted by atomic mass is 14.2. The van der Waals surface area contributed by atoms with Crippen LogP contribution in [-0.2, 0) is 0 Å². The van der Waals surface area contributed by atoms with Crippen molar-refractivity contribution in [2.75, 3.05) is 0 Å². The number of nitriles is 1. The van der Waals surface area contributed by atoms with Crippen LogP contribution < -0.4 is 0 Å². The van der Waals surface area contributed by atoms with E-state index in [1.54, 1.807) is 0 Å². The maximum atomic E-state index is 8.34. The van der Waals surface area contributed by atoms with Gasteiger partial charge in [0, 0.05) is 0 Å². The monoisotopic (exact) mass is 149 g/mol. The molecule has 0 unspecified atom stereocenters. The molecule has 0 aliphatic carbocycles. The van der Waals surface area contributed by atoms with Gasteiger partial charge in [0.15, 0.2) is 0 Å². The quantitative estimate of drug-likeness (QED) is 0.565. The summed E-state index contributed by atoms with van der Waals surface area (Å²) in [6, 6.07) is 2.12. The third kappa shape index (κ3) is 6.86. The Labute approximate surface area is 69.0 Å². The van der Waals surface area contributed by atoms with Gasteiger partial charge in [-0.25, -0.2) is 0 Å². The highest BCUT2D eigenvalue weighted by Gasteiger charge is 1.84. The van der Waals surface area contributed by atoms with Gasteiger partial charge in [-0.15, -0.1) is 0 Å². The number of nitrogens with zero attached hydrogens (tertiary/aromatic N) is 1. The predicted molar refractivity (Wildman–Crippen MR) is 48.0 cm³/mol. The van der Waals surface area contributed by atoms with Crippen LogP contribution in [0.3, 0.4) is 0 Å². The molecule has 0 heterocycles. The molecule has 0 aromatic carbocycles. The van der Waals surface area contributed by atoms with Crippen LogP contribution in [-0.4, -0.2) is 0 Å². The second kappa shape index (κ2) is 5.73. The summed E-state index contributed by atoms with van der Waals surface area (Å²) in [5, 5.41) is 8.34. The fourth-order valence-corrected chi connectivity index (χ4v) is 0.693. The first-order chi connectivity index (χ1) is 5.16. The molecule has 0 atom stereocenters. The molecule has 0 radical (unpaired) electrons. The Kier molecular flexibility index (Phi) is 5.20. The smallest absolute Gasteiger partial charge is 0.0666 e. The number of hydrogen-bond acceptors (Lipinski definition) is 1. The maximum absolute atomic E-state index is 8.34. The van der Waals surface area contributed by atoms with E-state index in [0.29, 0.717) is 6.42 Å². The Hall–Kier alpha value is -1.03. The van der Waals surface area contributed by atoms with Crippen LogP contribution in [0, 0.1) is 11.3 Å². The van der Waals surface area contributed by atoms with E-state index in [1.807, 2.05) is 6.92 Å². The molecule has 0 aromatic rings. The van der Waals surface area contributed by atoms with Crippen molar-refractivity contribution in [3.05, 3.63) is 23.3 Å². The first-order valence-corrected chi connectivity index (χ1v) is 3.82. The average Bonchev–Trinajstić information content (AvgIpc) is 1.87. The van der Waals surface area contributed by atoms with Crippen molar-refractivity contribution in [1.82, 2.24) is 0 Å². The van der Waals surface area contributed by atoms with Crippen molar-refractivity contribution < 1.29 is 0 Å². The minimum atomic E-state index is 0.552. The molecular weight excluding hydrogens is 134 g/mol. The van der Waals surface area contributed by atoms with Gasteiger partial charge >= 0.3 is 0 Å². The molecule has 1 heteroatoms. The molecule has 0 saturated heterocycles. The van der Waals surface area contributed by atoms with Crippen molar-refractivity contribution in [3.8, 4) is 6.07 Å². The molecule has 1 nitrogen and oxygen atoms in total. The van der Waals surface area contributed by atoms with Gasteiger partial charge in [-0.3, -0.25) is 0 Å². The van der Waals surface area contributed by atoms with Crippen LogP contribution in [0.2, 0.25) is 0 Å². The SMILES string of the molecule is CC(C)=CCC=C(C)CC#N. The standard InChI is InChI=1S/C10H15N/c1-9(2)5-4-6-10(3)7-8-11/h5-6H,4,7H2,1-3H3. The van der Waals surface area contributed by atoms with E-state index in [4.69, 9.17) is 5.26 Å². The summed E-state index contributed by atoms with van der Waals surface area (Å²) in [6.07, 6.45) is 5.75. The molecule has 0 aliphatic heterocycles. The van der Waals surface area contributed by atoms with Crippen LogP contribution in [0.15, 0.2) is 23.3 Å². The van der Waals surface area contributed by atoms with E-state index in [2.05, 4.69) is 32.1 Å². The molecule has 60 valence electrons. The Bertz CT molecular complexity index is 199. The van der Waals surface area contributed by atoms with Gasteiger partial charge in [-0.05, 0) is 27.2 Å². The summed E-state index contributed by atoms with van der Waals surface area (Å²) in [5.74, 6) is 0. The molecule has 0 amide bonds. The lowest BCUT2D eigenvalue weighted by Gasteiger charge is -1.90. The average molecular weight is 149 g/mol. The van der Waals surface area contributed by atoms with Gasteiger partial charge in [0.25, 0.3) is 0 Å². The van der Waals surface area contributed by atoms with E-state index >= 15 is 0 Å². The van der Waals surface area contributed by atoms with Crippen LogP contribution >= 0.6 is 0 Å². The van der Waals surface area contributed by atoms with Crippen LogP contribution in [0.4, 0.5) is 0 Å². The first kappa shape index (κ1) is 9.97. The summed E-state index contributed by atoms with van der Waals surface area (Å²) >= 11 is 0. The lowest BCUT2D eigenvalue weighted by Crippen LogP contribution is -1.72. The minimum Gasteiger partial charge on any atom is -0.198 e. The lowest BCUT2D eigenvalue weighted by molar-refractivity contribution is 1.16. The topological polar surface area (TPSA) is 23.8 Å². The first-order valence-electron chi connectivity index (χ1n) is 3.82. The molecule has 0 aliphatic rings. The Balaban J connectivity index is 3.76. The molecule has 0 rings (SSSR count). The fraction of sp³-hybridized carbons (Fsp3) is 0.500. The summed E-state index contributed by atoms with van der Waals surface area (Å²) in [5.41, 5.74) is 2.48. The molecule has 0 bridgehead atoms. The Morgan fingerprint density at radius 3 is 2.36 bits per heavy atom. The zero-order valence-corrected chi connectivity index (χ0v) is 7.52. The maximum Gasteiger partial charge on any atom is 0.0666 e. The Morgan fingerprint density at radius 2 is 1.91 bits per heavy atom. The molecule has 0 N–H and O–H groups in total. The summed E-state index contributed by atoms with van der Waals surface area (Å²) in [6.45, 7) is 6.14. The van der Waals surface area contributed by atoms with Gasteiger partial charge in [0.2, 0.25) is 0 Å². The largest absolute Gasteiger partial charge is 0.198 e. The number of hydrogen-bond donors (Lipinski definition) is 0. The third-order valence-electron chi connectivity index (χ3n) is 1.35. The van der Waals surface area contributed by atoms with Gasteiger partial charge < -0.3 is 0 Å². The second-order valence-electron chi connectivity index (χ2n) is 2.90. The molecular formula is C10H15N. The van der Waals surface area contributed by atoms with Crippen molar-refractivity contribution in [3.63, 3.8) is 0 Å². The van der Waals surface area contributed by atoms with E-state index in [1.165, 1.54) is 5.57 Å². The highest BCUT2D eigenvalue weighted by Crippen LogP contribution is 2.01. The van der Waals surface area contributed by atoms with Crippen LogP contribution in [0.25, 0.3) is 0 Å². The molecule has 0 fully saturated rings. The molecule has 0 spiro atoms. The summed E-state index contributed by atoms with van der Waals surface area (Å²) < 4.78 is 0. The normalized spacial score (nSPS) is 10.5. The van der Waals surface area contributed by atoms with E-state index in [0.717, 1.165) is 12.0 Å². The van der Waals surface area contributed by atoms with Gasteiger partial charge in [0.1, 0.15) is 0 Å². The Morgan fingerprint density at radius 1 is 1.27 bits per heavy atom. The number of rotatable bonds is 3. The molecule has 11 heavy (non-hydrogen) atoms. The van der Waals surface area contributed by atoms with E-state index in [9.17, 15) is 0 Å². The zero-order chi connectivity index (χ0) is 8.69. The zero-order valence-electron chi connectivity index (χ0n) is 7.52. The van der Waals surface area contributed by atoms with Crippen LogP contribution in [0.5, 0.6) is 0 Å². The van der Waals surface area contributed by atoms with Gasteiger partial charge in [-0.2, -0.15) is 5.26 Å². The van der Waals surface area contributed by atoms with Crippen molar-refractivity contribution in [2.24, 2.45) is 0 Å². The third-order valence-corrected chi connectivity index (χ3v) is 1.35. The van der Waals surface area contributed by atoms with Crippen molar-refractivity contribution >= 4 is 0 Å². The van der Waals surface area contributed by atoms with Crippen molar-refractivity contribution in [2.45, 2.75) is 33.6 Å². The number of allylic oxidation sites excluding steroid dienone is 4. The van der Waals surface area contributed by atoms with E-state index in [-0.39, 0.29) is 0 Å². The fourth-order valence-electron chi connectivity index (χ4n) is 0.693. The van der Waals surface area contributed by atoms with Crippen LogP contribution in [0.1, 0.15) is 33.6 Å². The van der Waals surface area contributed by atoms with E-state index < -0.39 is 0 Å². The summed E-state index contributed by atoms with van der Waals surface area (Å²) in [7, 11) is 0.